The molecule has 2 heterocycles. The lowest BCUT2D eigenvalue weighted by Gasteiger charge is -2.15. The summed E-state index contributed by atoms with van der Waals surface area (Å²) in [5.41, 5.74) is 0.576. The van der Waals surface area contributed by atoms with Crippen molar-refractivity contribution in [1.29, 1.82) is 0 Å². The summed E-state index contributed by atoms with van der Waals surface area (Å²) >= 11 is 6.21. The Morgan fingerprint density at radius 3 is 2.48 bits per heavy atom. The molecule has 0 fully saturated rings. The van der Waals surface area contributed by atoms with E-state index >= 15 is 4.39 Å². The first-order valence-electron chi connectivity index (χ1n) is 12.9. The first-order chi connectivity index (χ1) is 20.1. The molecule has 5 rings (SSSR count). The van der Waals surface area contributed by atoms with E-state index in [-0.39, 0.29) is 28.4 Å². The van der Waals surface area contributed by atoms with E-state index < -0.39 is 22.0 Å². The fourth-order valence-corrected chi connectivity index (χ4v) is 5.01. The number of allylic oxidation sites excluding steroid dienone is 1. The second-order valence-electron chi connectivity index (χ2n) is 9.58. The number of fused-ring (bicyclic) bond motifs is 1. The van der Waals surface area contributed by atoms with Crippen LogP contribution in [0.25, 0.3) is 27.7 Å². The maximum atomic E-state index is 15.0. The maximum absolute atomic E-state index is 15.0. The molecule has 0 radical (unpaired) electrons. The highest BCUT2D eigenvalue weighted by atomic mass is 35.5. The molecule has 2 aromatic heterocycles. The summed E-state index contributed by atoms with van der Waals surface area (Å²) in [5.74, 6) is -0.587. The van der Waals surface area contributed by atoms with Crippen LogP contribution in [0.5, 0.6) is 0 Å². The molecular formula is C30H25ClFN5O5. The third kappa shape index (κ3) is 5.27. The van der Waals surface area contributed by atoms with Crippen molar-refractivity contribution in [3.05, 3.63) is 132 Å². The third-order valence-corrected chi connectivity index (χ3v) is 7.04. The quantitative estimate of drug-likeness (QED) is 0.158. The Morgan fingerprint density at radius 1 is 1.10 bits per heavy atom. The number of nitro benzene ring substituents is 1. The highest BCUT2D eigenvalue weighted by molar-refractivity contribution is 6.32. The van der Waals surface area contributed by atoms with Crippen LogP contribution in [0.2, 0.25) is 5.02 Å². The highest BCUT2D eigenvalue weighted by Gasteiger charge is 2.21. The molecule has 3 aromatic carbocycles. The van der Waals surface area contributed by atoms with Crippen molar-refractivity contribution in [2.75, 3.05) is 0 Å². The van der Waals surface area contributed by atoms with E-state index in [1.165, 1.54) is 21.5 Å². The summed E-state index contributed by atoms with van der Waals surface area (Å²) in [6.45, 7) is 8.38. The first-order valence-corrected chi connectivity index (χ1v) is 13.3. The number of ether oxygens (including phenoxy) is 1. The lowest BCUT2D eigenvalue weighted by Crippen LogP contribution is -2.24. The summed E-state index contributed by atoms with van der Waals surface area (Å²) in [7, 11) is 0. The van der Waals surface area contributed by atoms with Gasteiger partial charge in [0, 0.05) is 29.8 Å². The Balaban J connectivity index is 1.59. The predicted octanol–water partition coefficient (Wildman–Crippen LogP) is 5.81. The predicted molar refractivity (Wildman–Crippen MR) is 158 cm³/mol. The Bertz CT molecular complexity index is 1960. The van der Waals surface area contributed by atoms with Gasteiger partial charge in [0.2, 0.25) is 0 Å². The molecule has 0 spiro atoms. The van der Waals surface area contributed by atoms with Crippen molar-refractivity contribution in [1.82, 2.24) is 18.9 Å². The van der Waals surface area contributed by atoms with E-state index in [9.17, 15) is 19.7 Å². The van der Waals surface area contributed by atoms with Gasteiger partial charge in [-0.3, -0.25) is 24.0 Å². The van der Waals surface area contributed by atoms with E-state index in [0.717, 1.165) is 16.2 Å². The van der Waals surface area contributed by atoms with E-state index in [1.54, 1.807) is 19.1 Å². The molecule has 42 heavy (non-hydrogen) atoms. The minimum Gasteiger partial charge on any atom is -0.369 e. The summed E-state index contributed by atoms with van der Waals surface area (Å²) < 4.78 is 24.6. The molecule has 0 saturated carbocycles. The number of non-ortho nitro benzene ring substituents is 1. The van der Waals surface area contributed by atoms with E-state index in [1.807, 2.05) is 37.3 Å². The van der Waals surface area contributed by atoms with Crippen molar-refractivity contribution in [2.45, 2.75) is 33.6 Å². The zero-order valence-corrected chi connectivity index (χ0v) is 23.5. The molecule has 5 aromatic rings. The number of hydrogen-bond donors (Lipinski definition) is 0. The van der Waals surface area contributed by atoms with Gasteiger partial charge in [0.15, 0.2) is 11.6 Å². The minimum atomic E-state index is -1.03. The largest absolute Gasteiger partial charge is 0.369 e. The number of nitrogens with zero attached hydrogens (tertiary/aromatic N) is 5. The van der Waals surface area contributed by atoms with E-state index in [0.29, 0.717) is 47.3 Å². The molecule has 0 aliphatic carbocycles. The molecule has 0 aliphatic rings. The standard InChI is InChI=1S/C30H25ClFN5O5/c1-4-34-27(17-42-16-19-8-6-5-7-9-19)33-36(30(34)39)20-10-11-22-23(12-20)24(18(2)3)15-35(29(22)38)28-25(31)13-21(37(40)41)14-26(28)32/h5-15H,2,4,16-17H2,1,3H3. The Kier molecular flexibility index (Phi) is 7.88. The van der Waals surface area contributed by atoms with Crippen molar-refractivity contribution >= 4 is 33.6 Å². The van der Waals surface area contributed by atoms with Crippen LogP contribution >= 0.6 is 11.6 Å². The summed E-state index contributed by atoms with van der Waals surface area (Å²) in [6.07, 6.45) is 1.38. The summed E-state index contributed by atoms with van der Waals surface area (Å²) in [5, 5.41) is 16.0. The minimum absolute atomic E-state index is 0.113. The molecule has 214 valence electrons. The number of aromatic nitrogens is 4. The van der Waals surface area contributed by atoms with Gasteiger partial charge in [-0.1, -0.05) is 48.5 Å². The average Bonchev–Trinajstić information content (AvgIpc) is 3.28. The topological polar surface area (TPSA) is 114 Å². The van der Waals surface area contributed by atoms with Crippen molar-refractivity contribution < 1.29 is 14.1 Å². The highest BCUT2D eigenvalue weighted by Crippen LogP contribution is 2.31. The van der Waals surface area contributed by atoms with Gasteiger partial charge in [-0.05, 0) is 48.6 Å². The number of rotatable bonds is 9. The number of pyridine rings is 1. The van der Waals surface area contributed by atoms with Gasteiger partial charge in [-0.25, -0.2) is 9.18 Å². The molecular weight excluding hydrogens is 565 g/mol. The number of halogens is 2. The third-order valence-electron chi connectivity index (χ3n) is 6.76. The second-order valence-corrected chi connectivity index (χ2v) is 9.98. The normalized spacial score (nSPS) is 11.2. The molecule has 10 nitrogen and oxygen atoms in total. The van der Waals surface area contributed by atoms with Crippen LogP contribution in [0.3, 0.4) is 0 Å². The van der Waals surface area contributed by atoms with E-state index in [2.05, 4.69) is 11.7 Å². The molecule has 0 atom stereocenters. The van der Waals surface area contributed by atoms with E-state index in [4.69, 9.17) is 16.3 Å². The average molecular weight is 590 g/mol. The fourth-order valence-electron chi connectivity index (χ4n) is 4.72. The zero-order chi connectivity index (χ0) is 30.1. The van der Waals surface area contributed by atoms with Gasteiger partial charge >= 0.3 is 5.69 Å². The molecule has 0 aliphatic heterocycles. The lowest BCUT2D eigenvalue weighted by atomic mass is 10.0. The molecule has 12 heteroatoms. The van der Waals surface area contributed by atoms with Gasteiger partial charge in [-0.2, -0.15) is 4.68 Å². The zero-order valence-electron chi connectivity index (χ0n) is 22.7. The van der Waals surface area contributed by atoms with Gasteiger partial charge < -0.3 is 4.74 Å². The maximum Gasteiger partial charge on any atom is 0.350 e. The van der Waals surface area contributed by atoms with Crippen molar-refractivity contribution in [3.8, 4) is 11.4 Å². The smallest absolute Gasteiger partial charge is 0.350 e. The molecule has 0 amide bonds. The summed E-state index contributed by atoms with van der Waals surface area (Å²) in [6, 6.07) is 16.0. The van der Waals surface area contributed by atoms with Gasteiger partial charge in [-0.15, -0.1) is 5.10 Å². The number of hydrogen-bond acceptors (Lipinski definition) is 6. The second kappa shape index (κ2) is 11.6. The Hall–Kier alpha value is -4.87. The number of nitro groups is 1. The van der Waals surface area contributed by atoms with Crippen LogP contribution in [-0.4, -0.2) is 23.8 Å². The van der Waals surface area contributed by atoms with Gasteiger partial charge in [0.25, 0.3) is 11.2 Å². The SMILES string of the molecule is C=C(C)c1cn(-c2c(F)cc([N+](=O)[O-])cc2Cl)c(=O)c2ccc(-n3nc(COCc4ccccc4)n(CC)c3=O)cc12. The van der Waals surface area contributed by atoms with Crippen molar-refractivity contribution in [2.24, 2.45) is 0 Å². The Morgan fingerprint density at radius 2 is 1.83 bits per heavy atom. The number of benzene rings is 3. The molecule has 0 saturated heterocycles. The fraction of sp³-hybridized carbons (Fsp3) is 0.167. The van der Waals surface area contributed by atoms with Crippen LogP contribution < -0.4 is 11.2 Å². The lowest BCUT2D eigenvalue weighted by molar-refractivity contribution is -0.385. The molecule has 0 N–H and O–H groups in total. The van der Waals surface area contributed by atoms with Gasteiger partial charge in [0.05, 0.1) is 28.3 Å². The summed E-state index contributed by atoms with van der Waals surface area (Å²) in [4.78, 5) is 37.2. The molecule has 0 unspecified atom stereocenters. The van der Waals surface area contributed by atoms with Crippen molar-refractivity contribution in [3.63, 3.8) is 0 Å². The van der Waals surface area contributed by atoms with Crippen LogP contribution in [-0.2, 0) is 24.5 Å². The van der Waals surface area contributed by atoms with Crippen LogP contribution in [0.15, 0.2) is 83.0 Å². The monoisotopic (exact) mass is 589 g/mol. The van der Waals surface area contributed by atoms with Gasteiger partial charge in [0.1, 0.15) is 12.3 Å². The molecule has 0 bridgehead atoms. The van der Waals surface area contributed by atoms with Crippen LogP contribution in [0, 0.1) is 15.9 Å². The van der Waals surface area contributed by atoms with Crippen LogP contribution in [0.1, 0.15) is 30.8 Å². The Labute approximate surface area is 243 Å². The van der Waals surface area contributed by atoms with Crippen LogP contribution in [0.4, 0.5) is 10.1 Å². The first kappa shape index (κ1) is 28.7.